The van der Waals surface area contributed by atoms with Crippen LogP contribution in [0.25, 0.3) is 12.2 Å². The van der Waals surface area contributed by atoms with E-state index in [-0.39, 0.29) is 12.2 Å². The highest BCUT2D eigenvalue weighted by atomic mass is 16.5. The minimum atomic E-state index is -1.31. The first-order valence-corrected chi connectivity index (χ1v) is 7.80. The summed E-state index contributed by atoms with van der Waals surface area (Å²) in [6.07, 6.45) is 7.25. The van der Waals surface area contributed by atoms with Gasteiger partial charge in [-0.1, -0.05) is 72.8 Å². The molecule has 2 aromatic rings. The molecule has 120 valence electrons. The van der Waals surface area contributed by atoms with Gasteiger partial charge < -0.3 is 4.74 Å². The summed E-state index contributed by atoms with van der Waals surface area (Å²) in [5.41, 5.74) is 1.27. The zero-order valence-electron chi connectivity index (χ0n) is 13.4. The Hall–Kier alpha value is -2.94. The van der Waals surface area contributed by atoms with Gasteiger partial charge in [-0.25, -0.2) is 0 Å². The molecule has 0 aromatic heterocycles. The second kappa shape index (κ2) is 6.67. The molecule has 0 saturated carbocycles. The minimum Gasteiger partial charge on any atom is -0.468 e. The fraction of sp³-hybridized carbons (Fsp3) is 0.143. The number of ketones is 1. The first-order valence-electron chi connectivity index (χ1n) is 7.80. The molecule has 24 heavy (non-hydrogen) atoms. The summed E-state index contributed by atoms with van der Waals surface area (Å²) in [6, 6.07) is 17.2. The van der Waals surface area contributed by atoms with E-state index in [1.165, 1.54) is 13.2 Å². The third-order valence-corrected chi connectivity index (χ3v) is 4.32. The van der Waals surface area contributed by atoms with E-state index in [1.807, 2.05) is 66.7 Å². The molecule has 1 aliphatic carbocycles. The maximum atomic E-state index is 12.7. The standard InChI is InChI=1S/C21H18O3/c1-24-20(23)21(15-7-10-16-8-3-2-4-9-16)18-12-6-5-11-17(18)13-14-19(21)22/h2-14H,15H2,1H3/b10-7+/t21-/m0/s1. The Morgan fingerprint density at radius 2 is 1.75 bits per heavy atom. The van der Waals surface area contributed by atoms with Crippen LogP contribution >= 0.6 is 0 Å². The van der Waals surface area contributed by atoms with E-state index in [4.69, 9.17) is 4.74 Å². The molecule has 1 atom stereocenters. The number of allylic oxidation sites excluding steroid dienone is 2. The largest absolute Gasteiger partial charge is 0.468 e. The van der Waals surface area contributed by atoms with E-state index < -0.39 is 11.4 Å². The molecule has 0 aliphatic heterocycles. The van der Waals surface area contributed by atoms with Gasteiger partial charge >= 0.3 is 5.97 Å². The summed E-state index contributed by atoms with van der Waals surface area (Å²) in [5, 5.41) is 0. The Labute approximate surface area is 141 Å². The van der Waals surface area contributed by atoms with Gasteiger partial charge in [0, 0.05) is 0 Å². The number of carbonyl (C=O) groups excluding carboxylic acids is 2. The number of carbonyl (C=O) groups is 2. The van der Waals surface area contributed by atoms with Crippen LogP contribution in [0.2, 0.25) is 0 Å². The van der Waals surface area contributed by atoms with E-state index in [0.717, 1.165) is 11.1 Å². The van der Waals surface area contributed by atoms with Gasteiger partial charge in [0.25, 0.3) is 0 Å². The lowest BCUT2D eigenvalue weighted by molar-refractivity contribution is -0.150. The highest BCUT2D eigenvalue weighted by molar-refractivity contribution is 6.18. The van der Waals surface area contributed by atoms with Crippen molar-refractivity contribution in [3.8, 4) is 0 Å². The van der Waals surface area contributed by atoms with Gasteiger partial charge in [-0.15, -0.1) is 0 Å². The van der Waals surface area contributed by atoms with Gasteiger partial charge in [0.15, 0.2) is 11.2 Å². The Morgan fingerprint density at radius 1 is 1.04 bits per heavy atom. The maximum Gasteiger partial charge on any atom is 0.324 e. The lowest BCUT2D eigenvalue weighted by Crippen LogP contribution is -2.45. The Kier molecular flexibility index (Phi) is 4.43. The van der Waals surface area contributed by atoms with Crippen molar-refractivity contribution in [2.45, 2.75) is 11.8 Å². The highest BCUT2D eigenvalue weighted by Crippen LogP contribution is 2.38. The molecule has 3 rings (SSSR count). The van der Waals surface area contributed by atoms with Crippen LogP contribution in [-0.4, -0.2) is 18.9 Å². The molecule has 2 aromatic carbocycles. The Bertz CT molecular complexity index is 818. The molecule has 0 amide bonds. The minimum absolute atomic E-state index is 0.245. The number of hydrogen-bond acceptors (Lipinski definition) is 3. The monoisotopic (exact) mass is 318 g/mol. The third-order valence-electron chi connectivity index (χ3n) is 4.32. The first kappa shape index (κ1) is 15.9. The quantitative estimate of drug-likeness (QED) is 0.636. The topological polar surface area (TPSA) is 43.4 Å². The first-order chi connectivity index (χ1) is 11.7. The second-order valence-electron chi connectivity index (χ2n) is 5.70. The van der Waals surface area contributed by atoms with Gasteiger partial charge in [0.2, 0.25) is 0 Å². The molecule has 0 fully saturated rings. The van der Waals surface area contributed by atoms with E-state index >= 15 is 0 Å². The number of methoxy groups -OCH3 is 1. The Balaban J connectivity index is 2.03. The molecule has 0 N–H and O–H groups in total. The van der Waals surface area contributed by atoms with Gasteiger partial charge in [0.1, 0.15) is 0 Å². The van der Waals surface area contributed by atoms with Crippen LogP contribution in [0.3, 0.4) is 0 Å². The van der Waals surface area contributed by atoms with Crippen molar-refractivity contribution in [2.75, 3.05) is 7.11 Å². The molecule has 1 aliphatic rings. The number of esters is 1. The van der Waals surface area contributed by atoms with E-state index in [2.05, 4.69) is 0 Å². The average Bonchev–Trinajstić information content (AvgIpc) is 2.64. The molecule has 0 radical (unpaired) electrons. The SMILES string of the molecule is COC(=O)[C@]1(C/C=C/c2ccccc2)C(=O)C=Cc2ccccc21. The van der Waals surface area contributed by atoms with E-state index in [1.54, 1.807) is 6.08 Å². The fourth-order valence-corrected chi connectivity index (χ4v) is 3.09. The van der Waals surface area contributed by atoms with Crippen LogP contribution < -0.4 is 0 Å². The fourth-order valence-electron chi connectivity index (χ4n) is 3.09. The third kappa shape index (κ3) is 2.69. The van der Waals surface area contributed by atoms with Crippen molar-refractivity contribution in [1.82, 2.24) is 0 Å². The van der Waals surface area contributed by atoms with Crippen LogP contribution in [0.15, 0.2) is 66.7 Å². The van der Waals surface area contributed by atoms with Crippen LogP contribution in [0, 0.1) is 0 Å². The summed E-state index contributed by atoms with van der Waals surface area (Å²) >= 11 is 0. The molecule has 0 unspecified atom stereocenters. The molecule has 0 saturated heterocycles. The molecule has 0 bridgehead atoms. The smallest absolute Gasteiger partial charge is 0.324 e. The van der Waals surface area contributed by atoms with Crippen LogP contribution in [0.1, 0.15) is 23.1 Å². The van der Waals surface area contributed by atoms with Crippen LogP contribution in [-0.2, 0) is 19.7 Å². The zero-order valence-corrected chi connectivity index (χ0v) is 13.4. The lowest BCUT2D eigenvalue weighted by Gasteiger charge is -2.31. The van der Waals surface area contributed by atoms with Crippen molar-refractivity contribution in [3.05, 3.63) is 83.4 Å². The second-order valence-corrected chi connectivity index (χ2v) is 5.70. The van der Waals surface area contributed by atoms with Crippen LogP contribution in [0.4, 0.5) is 0 Å². The molecule has 0 heterocycles. The van der Waals surface area contributed by atoms with E-state index in [9.17, 15) is 9.59 Å². The normalized spacial score (nSPS) is 19.3. The number of benzene rings is 2. The predicted octanol–water partition coefficient (Wildman–Crippen LogP) is 3.80. The number of fused-ring (bicyclic) bond motifs is 1. The van der Waals surface area contributed by atoms with Crippen LogP contribution in [0.5, 0.6) is 0 Å². The van der Waals surface area contributed by atoms with Crippen molar-refractivity contribution in [3.63, 3.8) is 0 Å². The van der Waals surface area contributed by atoms with Gasteiger partial charge in [-0.2, -0.15) is 0 Å². The van der Waals surface area contributed by atoms with Gasteiger partial charge in [-0.3, -0.25) is 9.59 Å². The maximum absolute atomic E-state index is 12.7. The van der Waals surface area contributed by atoms with Gasteiger partial charge in [-0.05, 0) is 29.2 Å². The van der Waals surface area contributed by atoms with Crippen molar-refractivity contribution < 1.29 is 14.3 Å². The summed E-state index contributed by atoms with van der Waals surface area (Å²) in [6.45, 7) is 0. The van der Waals surface area contributed by atoms with Gasteiger partial charge in [0.05, 0.1) is 7.11 Å². The summed E-state index contributed by atoms with van der Waals surface area (Å²) in [5.74, 6) is -0.771. The predicted molar refractivity (Wildman–Crippen MR) is 94.3 cm³/mol. The zero-order chi connectivity index (χ0) is 17.0. The molecule has 3 nitrogen and oxygen atoms in total. The number of rotatable bonds is 4. The van der Waals surface area contributed by atoms with Crippen molar-refractivity contribution >= 4 is 23.9 Å². The molecule has 3 heteroatoms. The summed E-state index contributed by atoms with van der Waals surface area (Å²) in [7, 11) is 1.32. The van der Waals surface area contributed by atoms with Crippen molar-refractivity contribution in [1.29, 1.82) is 0 Å². The molecular formula is C21H18O3. The van der Waals surface area contributed by atoms with E-state index in [0.29, 0.717) is 5.56 Å². The molecular weight excluding hydrogens is 300 g/mol. The number of ether oxygens (including phenoxy) is 1. The highest BCUT2D eigenvalue weighted by Gasteiger charge is 2.48. The number of hydrogen-bond donors (Lipinski definition) is 0. The summed E-state index contributed by atoms with van der Waals surface area (Å²) < 4.78 is 5.00. The molecule has 0 spiro atoms. The summed E-state index contributed by atoms with van der Waals surface area (Å²) in [4.78, 5) is 25.3. The van der Waals surface area contributed by atoms with Crippen molar-refractivity contribution in [2.24, 2.45) is 0 Å². The lowest BCUT2D eigenvalue weighted by atomic mass is 9.69. The Morgan fingerprint density at radius 3 is 2.50 bits per heavy atom. The average molecular weight is 318 g/mol.